The molecule has 1 aromatic heterocycles. The first-order valence-electron chi connectivity index (χ1n) is 9.96. The van der Waals surface area contributed by atoms with Crippen molar-refractivity contribution in [2.45, 2.75) is 24.7 Å². The van der Waals surface area contributed by atoms with Gasteiger partial charge in [0.25, 0.3) is 0 Å². The number of aromatic amines is 1. The highest BCUT2D eigenvalue weighted by Crippen LogP contribution is 2.25. The first kappa shape index (κ1) is 21.0. The van der Waals surface area contributed by atoms with Crippen molar-refractivity contribution < 1.29 is 18.0 Å². The predicted octanol–water partition coefficient (Wildman–Crippen LogP) is 2.56. The Hall–Kier alpha value is -3.24. The summed E-state index contributed by atoms with van der Waals surface area (Å²) in [5.41, 5.74) is 2.08. The number of nitrogens with one attached hydrogen (secondary N) is 3. The predicted molar refractivity (Wildman–Crippen MR) is 117 cm³/mol. The van der Waals surface area contributed by atoms with Gasteiger partial charge in [-0.05, 0) is 49.2 Å². The molecule has 0 unspecified atom stereocenters. The first-order valence-corrected chi connectivity index (χ1v) is 11.4. The molecular formula is C21H23N5O4S. The maximum absolute atomic E-state index is 13.1. The van der Waals surface area contributed by atoms with E-state index in [0.29, 0.717) is 31.0 Å². The second-order valence-electron chi connectivity index (χ2n) is 7.50. The topological polar surface area (TPSA) is 124 Å². The fourth-order valence-electron chi connectivity index (χ4n) is 3.67. The number of hydrogen-bond donors (Lipinski definition) is 3. The summed E-state index contributed by atoms with van der Waals surface area (Å²) >= 11 is 0. The molecule has 0 bridgehead atoms. The Morgan fingerprint density at radius 3 is 2.55 bits per heavy atom. The normalized spacial score (nSPS) is 17.4. The molecule has 0 aliphatic carbocycles. The van der Waals surface area contributed by atoms with Gasteiger partial charge >= 0.3 is 0 Å². The molecule has 3 N–H and O–H groups in total. The summed E-state index contributed by atoms with van der Waals surface area (Å²) < 4.78 is 27.4. The van der Waals surface area contributed by atoms with Crippen LogP contribution in [0, 0.1) is 5.92 Å². The average molecular weight is 442 g/mol. The zero-order chi connectivity index (χ0) is 22.0. The number of carbonyl (C=O) groups excluding carboxylic acids is 2. The Balaban J connectivity index is 1.45. The van der Waals surface area contributed by atoms with E-state index in [2.05, 4.69) is 20.6 Å². The van der Waals surface area contributed by atoms with Crippen LogP contribution in [0.5, 0.6) is 0 Å². The monoisotopic (exact) mass is 441 g/mol. The van der Waals surface area contributed by atoms with Crippen LogP contribution >= 0.6 is 0 Å². The van der Waals surface area contributed by atoms with Crippen LogP contribution < -0.4 is 10.6 Å². The van der Waals surface area contributed by atoms with Crippen LogP contribution in [-0.4, -0.2) is 47.6 Å². The molecule has 4 rings (SSSR count). The molecule has 1 fully saturated rings. The van der Waals surface area contributed by atoms with Crippen molar-refractivity contribution in [1.29, 1.82) is 0 Å². The number of nitrogens with zero attached hydrogens (tertiary/aromatic N) is 2. The highest BCUT2D eigenvalue weighted by molar-refractivity contribution is 7.89. The van der Waals surface area contributed by atoms with Gasteiger partial charge in [0.1, 0.15) is 0 Å². The van der Waals surface area contributed by atoms with Crippen LogP contribution in [-0.2, 0) is 19.6 Å². The van der Waals surface area contributed by atoms with Crippen molar-refractivity contribution in [2.75, 3.05) is 23.7 Å². The summed E-state index contributed by atoms with van der Waals surface area (Å²) in [6.07, 6.45) is 1.18. The zero-order valence-electron chi connectivity index (χ0n) is 17.0. The fourth-order valence-corrected chi connectivity index (χ4v) is 5.19. The standard InChI is InChI=1S/C21H23N5O4S/c1-14(27)22-16-8-10-17(11-9-16)31(29,30)26-12-4-5-15(13-26)20(28)25-21-23-18-6-2-3-7-19(18)24-21/h2-3,6-11,15H,4-5,12-13H2,1H3,(H,22,27)(H2,23,24,25,28)/t15-/m0/s1. The van der Waals surface area contributed by atoms with Crippen molar-refractivity contribution in [3.05, 3.63) is 48.5 Å². The Bertz CT molecular complexity index is 1190. The van der Waals surface area contributed by atoms with Crippen LogP contribution in [0.25, 0.3) is 11.0 Å². The Kier molecular flexibility index (Phi) is 5.75. The number of anilines is 2. The number of rotatable bonds is 5. The number of piperidine rings is 1. The third kappa shape index (κ3) is 4.59. The lowest BCUT2D eigenvalue weighted by Crippen LogP contribution is -2.43. The first-order chi connectivity index (χ1) is 14.8. The van der Waals surface area contributed by atoms with Gasteiger partial charge in [0.05, 0.1) is 21.8 Å². The number of para-hydroxylation sites is 2. The summed E-state index contributed by atoms with van der Waals surface area (Å²) in [6, 6.07) is 13.4. The van der Waals surface area contributed by atoms with Crippen LogP contribution in [0.4, 0.5) is 11.6 Å². The molecule has 31 heavy (non-hydrogen) atoms. The van der Waals surface area contributed by atoms with E-state index in [-0.39, 0.29) is 23.3 Å². The molecular weight excluding hydrogens is 418 g/mol. The number of amides is 2. The van der Waals surface area contributed by atoms with Crippen molar-refractivity contribution in [3.8, 4) is 0 Å². The second-order valence-corrected chi connectivity index (χ2v) is 9.44. The number of H-pyrrole nitrogens is 1. The molecule has 0 spiro atoms. The van der Waals surface area contributed by atoms with Gasteiger partial charge in [-0.3, -0.25) is 14.9 Å². The molecule has 2 aromatic carbocycles. The fraction of sp³-hybridized carbons (Fsp3) is 0.286. The minimum Gasteiger partial charge on any atom is -0.326 e. The zero-order valence-corrected chi connectivity index (χ0v) is 17.8. The summed E-state index contributed by atoms with van der Waals surface area (Å²) in [4.78, 5) is 31.4. The summed E-state index contributed by atoms with van der Waals surface area (Å²) in [6.45, 7) is 1.83. The van der Waals surface area contributed by atoms with E-state index in [9.17, 15) is 18.0 Å². The number of imidazole rings is 1. The van der Waals surface area contributed by atoms with Crippen molar-refractivity contribution >= 4 is 44.5 Å². The Morgan fingerprint density at radius 2 is 1.84 bits per heavy atom. The molecule has 1 aliphatic rings. The molecule has 1 aliphatic heterocycles. The van der Waals surface area contributed by atoms with E-state index >= 15 is 0 Å². The minimum atomic E-state index is -3.75. The summed E-state index contributed by atoms with van der Waals surface area (Å²) in [7, 11) is -3.75. The van der Waals surface area contributed by atoms with E-state index in [0.717, 1.165) is 11.0 Å². The van der Waals surface area contributed by atoms with Gasteiger partial charge in [0, 0.05) is 25.7 Å². The maximum atomic E-state index is 13.1. The molecule has 162 valence electrons. The van der Waals surface area contributed by atoms with E-state index in [1.165, 1.54) is 23.4 Å². The van der Waals surface area contributed by atoms with Gasteiger partial charge in [-0.1, -0.05) is 12.1 Å². The molecule has 0 radical (unpaired) electrons. The van der Waals surface area contributed by atoms with Gasteiger partial charge in [0.2, 0.25) is 27.8 Å². The van der Waals surface area contributed by atoms with E-state index < -0.39 is 15.9 Å². The molecule has 1 atom stereocenters. The average Bonchev–Trinajstić information content (AvgIpc) is 3.16. The molecule has 2 heterocycles. The maximum Gasteiger partial charge on any atom is 0.243 e. The van der Waals surface area contributed by atoms with Crippen LogP contribution in [0.2, 0.25) is 0 Å². The van der Waals surface area contributed by atoms with Crippen LogP contribution in [0.15, 0.2) is 53.4 Å². The van der Waals surface area contributed by atoms with Gasteiger partial charge in [0.15, 0.2) is 0 Å². The van der Waals surface area contributed by atoms with Crippen molar-refractivity contribution in [1.82, 2.24) is 14.3 Å². The number of aromatic nitrogens is 2. The Labute approximate surface area is 179 Å². The van der Waals surface area contributed by atoms with Gasteiger partial charge in [-0.2, -0.15) is 4.31 Å². The van der Waals surface area contributed by atoms with Gasteiger partial charge in [-0.25, -0.2) is 13.4 Å². The molecule has 0 saturated carbocycles. The quantitative estimate of drug-likeness (QED) is 0.561. The highest BCUT2D eigenvalue weighted by atomic mass is 32.2. The van der Waals surface area contributed by atoms with Crippen LogP contribution in [0.1, 0.15) is 19.8 Å². The molecule has 10 heteroatoms. The number of benzene rings is 2. The summed E-state index contributed by atoms with van der Waals surface area (Å²) in [5, 5.41) is 5.38. The largest absolute Gasteiger partial charge is 0.326 e. The summed E-state index contributed by atoms with van der Waals surface area (Å²) in [5.74, 6) is -0.625. The molecule has 9 nitrogen and oxygen atoms in total. The Morgan fingerprint density at radius 1 is 1.10 bits per heavy atom. The number of sulfonamides is 1. The molecule has 2 amide bonds. The lowest BCUT2D eigenvalue weighted by atomic mass is 9.99. The third-order valence-corrected chi connectivity index (χ3v) is 7.08. The smallest absolute Gasteiger partial charge is 0.243 e. The number of carbonyl (C=O) groups is 2. The number of hydrogen-bond acceptors (Lipinski definition) is 5. The van der Waals surface area contributed by atoms with E-state index in [4.69, 9.17) is 0 Å². The van der Waals surface area contributed by atoms with Gasteiger partial charge in [-0.15, -0.1) is 0 Å². The van der Waals surface area contributed by atoms with Crippen LogP contribution in [0.3, 0.4) is 0 Å². The minimum absolute atomic E-state index is 0.0991. The van der Waals surface area contributed by atoms with Crippen molar-refractivity contribution in [2.24, 2.45) is 5.92 Å². The molecule has 1 saturated heterocycles. The van der Waals surface area contributed by atoms with E-state index in [1.807, 2.05) is 24.3 Å². The lowest BCUT2D eigenvalue weighted by molar-refractivity contribution is -0.121. The van der Waals surface area contributed by atoms with Crippen molar-refractivity contribution in [3.63, 3.8) is 0 Å². The SMILES string of the molecule is CC(=O)Nc1ccc(S(=O)(=O)N2CCC[C@H](C(=O)Nc3nc4ccccc4[nH]3)C2)cc1. The van der Waals surface area contributed by atoms with E-state index in [1.54, 1.807) is 12.1 Å². The lowest BCUT2D eigenvalue weighted by Gasteiger charge is -2.31. The molecule has 3 aromatic rings. The number of fused-ring (bicyclic) bond motifs is 1. The highest BCUT2D eigenvalue weighted by Gasteiger charge is 2.33. The van der Waals surface area contributed by atoms with Gasteiger partial charge < -0.3 is 10.3 Å². The third-order valence-electron chi connectivity index (χ3n) is 5.20. The second kappa shape index (κ2) is 8.48.